The molecule has 0 saturated heterocycles. The van der Waals surface area contributed by atoms with E-state index in [0.717, 1.165) is 27.7 Å². The molecule has 0 fully saturated rings. The van der Waals surface area contributed by atoms with E-state index in [9.17, 15) is 0 Å². The molecule has 0 aliphatic carbocycles. The van der Waals surface area contributed by atoms with Gasteiger partial charge < -0.3 is 14.0 Å². The minimum atomic E-state index is -0.585. The first kappa shape index (κ1) is 28.7. The van der Waals surface area contributed by atoms with E-state index in [4.69, 9.17) is 14.0 Å². The van der Waals surface area contributed by atoms with Gasteiger partial charge in [0.25, 0.3) is 0 Å². The molecule has 2 aromatic carbocycles. The first-order chi connectivity index (χ1) is 18.4. The van der Waals surface area contributed by atoms with Crippen LogP contribution in [0.5, 0.6) is 0 Å². The maximum Gasteiger partial charge on any atom is 0.144 e. The third-order valence-corrected chi connectivity index (χ3v) is 6.38. The molecule has 4 nitrogen and oxygen atoms in total. The number of benzene rings is 2. The molecule has 3 aromatic rings. The Morgan fingerprint density at radius 2 is 1.84 bits per heavy atom. The van der Waals surface area contributed by atoms with Crippen LogP contribution in [0.4, 0.5) is 4.39 Å². The largest absolute Gasteiger partial charge is 0.455 e. The normalized spacial score (nSPS) is 16.6. The highest BCUT2D eigenvalue weighted by molar-refractivity contribution is 5.94. The molecular weight excluding hydrogens is 477 g/mol. The first-order valence-corrected chi connectivity index (χ1v) is 13.0. The molecule has 1 aliphatic rings. The average molecular weight is 516 g/mol. The van der Waals surface area contributed by atoms with Gasteiger partial charge in [-0.25, -0.2) is 9.45 Å². The van der Waals surface area contributed by atoms with Crippen LogP contribution in [0.1, 0.15) is 70.0 Å². The summed E-state index contributed by atoms with van der Waals surface area (Å²) in [5.74, 6) is 0.950. The third kappa shape index (κ3) is 6.00. The zero-order valence-electron chi connectivity index (χ0n) is 23.4. The maximum atomic E-state index is 15.7. The number of methoxy groups -OCH3 is 1. The second-order valence-corrected chi connectivity index (χ2v) is 8.78. The van der Waals surface area contributed by atoms with Gasteiger partial charge >= 0.3 is 0 Å². The van der Waals surface area contributed by atoms with E-state index in [0.29, 0.717) is 22.7 Å². The van der Waals surface area contributed by atoms with Crippen molar-refractivity contribution in [1.29, 1.82) is 0 Å². The number of nitrogens with zero attached hydrogens (tertiary/aromatic N) is 1. The lowest BCUT2D eigenvalue weighted by Crippen LogP contribution is -2.25. The van der Waals surface area contributed by atoms with Crippen molar-refractivity contribution in [2.75, 3.05) is 7.11 Å². The van der Waals surface area contributed by atoms with Crippen LogP contribution in [0.3, 0.4) is 0 Å². The fourth-order valence-electron chi connectivity index (χ4n) is 4.34. The topological polar surface area (TPSA) is 34.8 Å². The van der Waals surface area contributed by atoms with Crippen molar-refractivity contribution >= 4 is 28.2 Å². The van der Waals surface area contributed by atoms with E-state index in [1.807, 2.05) is 102 Å². The molecular formula is C33H38FNO3. The highest BCUT2D eigenvalue weighted by Gasteiger charge is 2.30. The van der Waals surface area contributed by atoms with Gasteiger partial charge in [0.15, 0.2) is 0 Å². The third-order valence-electron chi connectivity index (χ3n) is 6.38. The molecule has 0 saturated carbocycles. The SMILES string of the molecule is C=Cc1c(/C(C)=C\C)oc2c(C3C=C(c4ccccc4)C=CN3O/C(C)=C\C(C)OC)c(F)ccc12.CC. The number of hydroxylamine groups is 2. The number of allylic oxidation sites excluding steroid dienone is 5. The average Bonchev–Trinajstić information content (AvgIpc) is 3.33. The molecule has 2 heterocycles. The monoisotopic (exact) mass is 515 g/mol. The summed E-state index contributed by atoms with van der Waals surface area (Å²) in [6.45, 7) is 15.7. The summed E-state index contributed by atoms with van der Waals surface area (Å²) in [6, 6.07) is 12.6. The summed E-state index contributed by atoms with van der Waals surface area (Å²) < 4.78 is 27.3. The van der Waals surface area contributed by atoms with Gasteiger partial charge in [0.1, 0.15) is 29.0 Å². The van der Waals surface area contributed by atoms with Crippen molar-refractivity contribution < 1.29 is 18.4 Å². The molecule has 1 aliphatic heterocycles. The van der Waals surface area contributed by atoms with Crippen molar-refractivity contribution in [3.63, 3.8) is 0 Å². The summed E-state index contributed by atoms with van der Waals surface area (Å²) in [5.41, 5.74) is 4.67. The highest BCUT2D eigenvalue weighted by atomic mass is 19.1. The summed E-state index contributed by atoms with van der Waals surface area (Å²) >= 11 is 0. The van der Waals surface area contributed by atoms with E-state index in [2.05, 4.69) is 6.58 Å². The Labute approximate surface area is 226 Å². The Kier molecular flexibility index (Phi) is 9.91. The Morgan fingerprint density at radius 3 is 2.47 bits per heavy atom. The van der Waals surface area contributed by atoms with Gasteiger partial charge in [0, 0.05) is 24.3 Å². The molecule has 1 aromatic heterocycles. The van der Waals surface area contributed by atoms with Crippen LogP contribution in [0, 0.1) is 5.82 Å². The predicted molar refractivity (Wildman–Crippen MR) is 156 cm³/mol. The van der Waals surface area contributed by atoms with Crippen LogP contribution in [0.25, 0.3) is 28.2 Å². The Balaban J connectivity index is 0.00000195. The number of hydrogen-bond acceptors (Lipinski definition) is 4. The minimum absolute atomic E-state index is 0.126. The lowest BCUT2D eigenvalue weighted by Gasteiger charge is -2.32. The van der Waals surface area contributed by atoms with Crippen LogP contribution in [0.15, 0.2) is 89.7 Å². The molecule has 0 radical (unpaired) electrons. The molecule has 2 unspecified atom stereocenters. The van der Waals surface area contributed by atoms with Gasteiger partial charge in [0.2, 0.25) is 0 Å². The molecule has 0 N–H and O–H groups in total. The van der Waals surface area contributed by atoms with E-state index in [-0.39, 0.29) is 11.9 Å². The fourth-order valence-corrected chi connectivity index (χ4v) is 4.34. The lowest BCUT2D eigenvalue weighted by molar-refractivity contribution is -0.0994. The molecule has 2 atom stereocenters. The van der Waals surface area contributed by atoms with Crippen LogP contribution < -0.4 is 0 Å². The number of hydrogen-bond donors (Lipinski definition) is 0. The van der Waals surface area contributed by atoms with Crippen molar-refractivity contribution in [2.24, 2.45) is 0 Å². The second kappa shape index (κ2) is 13.1. The van der Waals surface area contributed by atoms with Gasteiger partial charge in [-0.05, 0) is 74.8 Å². The van der Waals surface area contributed by atoms with E-state index in [1.165, 1.54) is 6.07 Å². The maximum absolute atomic E-state index is 15.7. The highest BCUT2D eigenvalue weighted by Crippen LogP contribution is 2.41. The van der Waals surface area contributed by atoms with E-state index >= 15 is 4.39 Å². The van der Waals surface area contributed by atoms with Crippen LogP contribution in [-0.2, 0) is 9.57 Å². The zero-order valence-corrected chi connectivity index (χ0v) is 23.4. The molecule has 5 heteroatoms. The van der Waals surface area contributed by atoms with Crippen LogP contribution in [-0.4, -0.2) is 18.3 Å². The Hall–Kier alpha value is -3.83. The van der Waals surface area contributed by atoms with Gasteiger partial charge in [-0.15, -0.1) is 0 Å². The molecule has 0 spiro atoms. The number of furan rings is 1. The fraction of sp³-hybridized carbons (Fsp3) is 0.273. The molecule has 4 rings (SSSR count). The van der Waals surface area contributed by atoms with E-state index < -0.39 is 6.04 Å². The number of fused-ring (bicyclic) bond motifs is 1. The van der Waals surface area contributed by atoms with Crippen LogP contribution in [0.2, 0.25) is 0 Å². The Bertz CT molecular complexity index is 1380. The molecule has 0 amide bonds. The van der Waals surface area contributed by atoms with Gasteiger partial charge in [0.05, 0.1) is 11.7 Å². The lowest BCUT2D eigenvalue weighted by atomic mass is 9.95. The smallest absolute Gasteiger partial charge is 0.144 e. The standard InChI is InChI=1S/C31H32FNO3.C2H6/c1-7-20(3)30-25(8-2)26-14-15-27(32)29(31(26)35-30)28-19-24(23-12-10-9-11-13-23)16-17-33(28)36-22(5)18-21(4)34-6;1-2/h7-19,21,28H,2H2,1,3-6H3;1-2H3/b20-7-,22-18-;. The van der Waals surface area contributed by atoms with Gasteiger partial charge in [-0.1, -0.05) is 62.9 Å². The summed E-state index contributed by atoms with van der Waals surface area (Å²) in [7, 11) is 1.64. The summed E-state index contributed by atoms with van der Waals surface area (Å²) in [6.07, 6.45) is 11.3. The molecule has 200 valence electrons. The second-order valence-electron chi connectivity index (χ2n) is 8.78. The first-order valence-electron chi connectivity index (χ1n) is 13.0. The van der Waals surface area contributed by atoms with Crippen LogP contribution >= 0.6 is 0 Å². The zero-order chi connectivity index (χ0) is 27.8. The number of ether oxygens (including phenoxy) is 1. The molecule has 38 heavy (non-hydrogen) atoms. The predicted octanol–water partition coefficient (Wildman–Crippen LogP) is 9.49. The summed E-state index contributed by atoms with van der Waals surface area (Å²) in [4.78, 5) is 6.19. The van der Waals surface area contributed by atoms with Crippen molar-refractivity contribution in [1.82, 2.24) is 5.06 Å². The molecule has 0 bridgehead atoms. The number of rotatable bonds is 8. The van der Waals surface area contributed by atoms with Crippen molar-refractivity contribution in [3.8, 4) is 0 Å². The van der Waals surface area contributed by atoms with Gasteiger partial charge in [-0.3, -0.25) is 0 Å². The van der Waals surface area contributed by atoms with Crippen molar-refractivity contribution in [3.05, 3.63) is 114 Å². The van der Waals surface area contributed by atoms with Crippen molar-refractivity contribution in [2.45, 2.75) is 53.7 Å². The number of halogens is 1. The van der Waals surface area contributed by atoms with E-state index in [1.54, 1.807) is 24.3 Å². The quantitative estimate of drug-likeness (QED) is 0.280. The summed E-state index contributed by atoms with van der Waals surface area (Å²) in [5, 5.41) is 2.46. The minimum Gasteiger partial charge on any atom is -0.455 e. The van der Waals surface area contributed by atoms with Gasteiger partial charge in [-0.2, -0.15) is 0 Å². The Morgan fingerprint density at radius 1 is 1.13 bits per heavy atom.